The van der Waals surface area contributed by atoms with Gasteiger partial charge in [0.15, 0.2) is 17.8 Å². The Morgan fingerprint density at radius 3 is 2.40 bits per heavy atom. The summed E-state index contributed by atoms with van der Waals surface area (Å²) in [5.41, 5.74) is 7.18. The molecule has 3 unspecified atom stereocenters. The number of epoxide rings is 1. The number of benzene rings is 1. The molecule has 0 bridgehead atoms. The van der Waals surface area contributed by atoms with Gasteiger partial charge in [0, 0.05) is 5.54 Å². The number of aliphatic hydroxyl groups is 1. The summed E-state index contributed by atoms with van der Waals surface area (Å²) in [5.74, 6) is 1.48. The number of rotatable bonds is 15. The fraction of sp³-hybridized carbons (Fsp3) is 0.714. The van der Waals surface area contributed by atoms with E-state index in [4.69, 9.17) is 30.0 Å². The van der Waals surface area contributed by atoms with Gasteiger partial charge in [-0.3, -0.25) is 0 Å². The zero-order valence-corrected chi connectivity index (χ0v) is 18.4. The molecule has 0 saturated carbocycles. The first-order chi connectivity index (χ1) is 14.3. The molecule has 2 rings (SSSR count). The van der Waals surface area contributed by atoms with Crippen LogP contribution in [0.1, 0.15) is 37.7 Å². The van der Waals surface area contributed by atoms with E-state index in [0.29, 0.717) is 25.6 Å². The lowest BCUT2D eigenvalue weighted by Gasteiger charge is -2.30. The van der Waals surface area contributed by atoms with Crippen molar-refractivity contribution in [1.29, 1.82) is 0 Å². The van der Waals surface area contributed by atoms with Gasteiger partial charge in [-0.15, -0.1) is 0 Å². The number of aryl methyl sites for hydroxylation is 1. The molecule has 5 N–H and O–H groups in total. The summed E-state index contributed by atoms with van der Waals surface area (Å²) in [6, 6.07) is 6.00. The number of hydrogen-bond donors (Lipinski definition) is 4. The SMILES string of the molecule is COc1ccc(CCCN(C)CCC(N)(CCCCB(O)O)C2OC2O)cc1OC. The predicted molar refractivity (Wildman–Crippen MR) is 117 cm³/mol. The molecule has 3 atom stereocenters. The second-order valence-corrected chi connectivity index (χ2v) is 8.25. The predicted octanol–water partition coefficient (Wildman–Crippen LogP) is 1.02. The van der Waals surface area contributed by atoms with Crippen molar-refractivity contribution in [2.45, 2.75) is 62.8 Å². The summed E-state index contributed by atoms with van der Waals surface area (Å²) in [6.45, 7) is 1.73. The van der Waals surface area contributed by atoms with Crippen molar-refractivity contribution in [3.63, 3.8) is 0 Å². The molecular formula is C21H37BN2O6. The number of unbranched alkanes of at least 4 members (excludes halogenated alkanes) is 1. The van der Waals surface area contributed by atoms with Crippen LogP contribution in [0.2, 0.25) is 6.32 Å². The number of hydrogen-bond acceptors (Lipinski definition) is 8. The van der Waals surface area contributed by atoms with E-state index in [0.717, 1.165) is 43.9 Å². The van der Waals surface area contributed by atoms with Crippen molar-refractivity contribution in [3.8, 4) is 11.5 Å². The largest absolute Gasteiger partial charge is 0.493 e. The fourth-order valence-electron chi connectivity index (χ4n) is 3.81. The second kappa shape index (κ2) is 11.9. The van der Waals surface area contributed by atoms with Gasteiger partial charge in [0.1, 0.15) is 6.10 Å². The number of ether oxygens (including phenoxy) is 3. The molecule has 1 fully saturated rings. The van der Waals surface area contributed by atoms with Crippen LogP contribution in [-0.4, -0.2) is 79.5 Å². The third kappa shape index (κ3) is 7.72. The molecule has 0 amide bonds. The van der Waals surface area contributed by atoms with E-state index in [-0.39, 0.29) is 6.10 Å². The first-order valence-electron chi connectivity index (χ1n) is 10.7. The maximum atomic E-state index is 9.70. The molecule has 0 spiro atoms. The monoisotopic (exact) mass is 424 g/mol. The topological polar surface area (TPSA) is 121 Å². The van der Waals surface area contributed by atoms with Gasteiger partial charge in [0.25, 0.3) is 0 Å². The lowest BCUT2D eigenvalue weighted by atomic mass is 9.80. The van der Waals surface area contributed by atoms with Crippen molar-refractivity contribution >= 4 is 7.12 Å². The molecule has 1 heterocycles. The van der Waals surface area contributed by atoms with E-state index in [9.17, 15) is 5.11 Å². The van der Waals surface area contributed by atoms with Crippen molar-refractivity contribution in [1.82, 2.24) is 4.90 Å². The number of aliphatic hydroxyl groups excluding tert-OH is 1. The molecule has 1 aliphatic heterocycles. The summed E-state index contributed by atoms with van der Waals surface area (Å²) in [6.07, 6.45) is 3.99. The maximum Gasteiger partial charge on any atom is 0.451 e. The molecule has 0 aliphatic carbocycles. The molecule has 8 nitrogen and oxygen atoms in total. The van der Waals surface area contributed by atoms with Crippen LogP contribution < -0.4 is 15.2 Å². The summed E-state index contributed by atoms with van der Waals surface area (Å²) >= 11 is 0. The molecular weight excluding hydrogens is 387 g/mol. The van der Waals surface area contributed by atoms with Gasteiger partial charge in [-0.2, -0.15) is 0 Å². The zero-order valence-electron chi connectivity index (χ0n) is 18.4. The van der Waals surface area contributed by atoms with E-state index in [1.165, 1.54) is 5.56 Å². The number of nitrogens with zero attached hydrogens (tertiary/aromatic N) is 1. The van der Waals surface area contributed by atoms with Crippen LogP contribution in [0.4, 0.5) is 0 Å². The first-order valence-corrected chi connectivity index (χ1v) is 10.7. The Bertz CT molecular complexity index is 650. The standard InChI is InChI=1S/C21H37BN2O6/c1-24(13-6-7-16-8-9-17(28-2)18(15-16)29-3)14-11-21(23,19-20(25)30-19)10-4-5-12-22(26)27/h8-9,15,19-20,25-27H,4-7,10-14,23H2,1-3H3. The Hall–Kier alpha value is -1.36. The van der Waals surface area contributed by atoms with Crippen molar-refractivity contribution in [2.24, 2.45) is 5.73 Å². The zero-order chi connectivity index (χ0) is 22.1. The van der Waals surface area contributed by atoms with E-state index in [2.05, 4.69) is 18.0 Å². The molecule has 1 aliphatic rings. The van der Waals surface area contributed by atoms with Gasteiger partial charge < -0.3 is 40.0 Å². The van der Waals surface area contributed by atoms with E-state index in [1.54, 1.807) is 14.2 Å². The highest BCUT2D eigenvalue weighted by molar-refractivity contribution is 6.40. The minimum absolute atomic E-state index is 0.334. The number of methoxy groups -OCH3 is 2. The normalized spacial score (nSPS) is 20.1. The summed E-state index contributed by atoms with van der Waals surface area (Å²) in [4.78, 5) is 2.24. The van der Waals surface area contributed by atoms with Gasteiger partial charge in [0.2, 0.25) is 0 Å². The highest BCUT2D eigenvalue weighted by Crippen LogP contribution is 2.35. The molecule has 1 saturated heterocycles. The summed E-state index contributed by atoms with van der Waals surface area (Å²) in [7, 11) is 4.06. The van der Waals surface area contributed by atoms with Crippen LogP contribution in [-0.2, 0) is 11.2 Å². The Morgan fingerprint density at radius 2 is 1.80 bits per heavy atom. The van der Waals surface area contributed by atoms with E-state index in [1.807, 2.05) is 12.1 Å². The number of nitrogens with two attached hydrogens (primary N) is 1. The Kier molecular flexibility index (Phi) is 9.86. The van der Waals surface area contributed by atoms with E-state index < -0.39 is 18.9 Å². The van der Waals surface area contributed by atoms with Crippen LogP contribution in [0.25, 0.3) is 0 Å². The van der Waals surface area contributed by atoms with Crippen LogP contribution >= 0.6 is 0 Å². The average molecular weight is 424 g/mol. The lowest BCUT2D eigenvalue weighted by molar-refractivity contribution is 0.154. The molecule has 0 radical (unpaired) electrons. The molecule has 30 heavy (non-hydrogen) atoms. The third-order valence-corrected chi connectivity index (χ3v) is 5.80. The van der Waals surface area contributed by atoms with Gasteiger partial charge in [-0.1, -0.05) is 18.9 Å². The van der Waals surface area contributed by atoms with Crippen LogP contribution in [0.3, 0.4) is 0 Å². The quantitative estimate of drug-likeness (QED) is 0.187. The highest BCUT2D eigenvalue weighted by atomic mass is 16.7. The van der Waals surface area contributed by atoms with E-state index >= 15 is 0 Å². The van der Waals surface area contributed by atoms with Gasteiger partial charge in [0.05, 0.1) is 14.2 Å². The average Bonchev–Trinajstić information content (AvgIpc) is 3.47. The molecule has 1 aromatic carbocycles. The smallest absolute Gasteiger partial charge is 0.451 e. The Labute approximate surface area is 180 Å². The minimum Gasteiger partial charge on any atom is -0.493 e. The first kappa shape index (κ1) is 24.9. The van der Waals surface area contributed by atoms with Crippen LogP contribution in [0, 0.1) is 0 Å². The molecule has 170 valence electrons. The van der Waals surface area contributed by atoms with Crippen molar-refractivity contribution in [2.75, 3.05) is 34.4 Å². The lowest BCUT2D eigenvalue weighted by Crippen LogP contribution is -2.48. The van der Waals surface area contributed by atoms with Crippen LogP contribution in [0.5, 0.6) is 11.5 Å². The highest BCUT2D eigenvalue weighted by Gasteiger charge is 2.51. The molecule has 9 heteroatoms. The molecule has 0 aromatic heterocycles. The summed E-state index contributed by atoms with van der Waals surface area (Å²) in [5, 5.41) is 27.7. The van der Waals surface area contributed by atoms with Gasteiger partial charge in [-0.05, 0) is 69.8 Å². The minimum atomic E-state index is -1.28. The van der Waals surface area contributed by atoms with Crippen molar-refractivity contribution in [3.05, 3.63) is 23.8 Å². The molecule has 1 aromatic rings. The van der Waals surface area contributed by atoms with Gasteiger partial charge >= 0.3 is 7.12 Å². The van der Waals surface area contributed by atoms with Gasteiger partial charge in [-0.25, -0.2) is 0 Å². The fourth-order valence-corrected chi connectivity index (χ4v) is 3.81. The van der Waals surface area contributed by atoms with Crippen molar-refractivity contribution < 1.29 is 29.4 Å². The Balaban J connectivity index is 1.75. The summed E-state index contributed by atoms with van der Waals surface area (Å²) < 4.78 is 15.9. The van der Waals surface area contributed by atoms with Crippen LogP contribution in [0.15, 0.2) is 18.2 Å². The third-order valence-electron chi connectivity index (χ3n) is 5.80. The maximum absolute atomic E-state index is 9.70. The Morgan fingerprint density at radius 1 is 1.10 bits per heavy atom. The second-order valence-electron chi connectivity index (χ2n) is 8.25.